The topological polar surface area (TPSA) is 109 Å². The number of hydrogen-bond acceptors (Lipinski definition) is 8. The zero-order chi connectivity index (χ0) is 28.5. The predicted octanol–water partition coefficient (Wildman–Crippen LogP) is 5.22. The normalized spacial score (nSPS) is 11.4. The van der Waals surface area contributed by atoms with Crippen LogP contribution in [-0.2, 0) is 34.3 Å². The molecular formula is C30H34N4O6. The highest BCUT2D eigenvalue weighted by atomic mass is 16.5. The van der Waals surface area contributed by atoms with Gasteiger partial charge in [-0.15, -0.1) is 0 Å². The molecule has 0 unspecified atom stereocenters. The SMILES string of the molecule is CC/C(=C\OCc1ccccc1)CCN(C(=O)CCc1cn(C)c2cc(OC)ccc12)c1nnc(C(=O)OC)o1. The van der Waals surface area contributed by atoms with Crippen LogP contribution in [0.4, 0.5) is 6.01 Å². The van der Waals surface area contributed by atoms with Crippen molar-refractivity contribution in [2.75, 3.05) is 25.7 Å². The minimum atomic E-state index is -0.763. The summed E-state index contributed by atoms with van der Waals surface area (Å²) in [6.07, 6.45) is 5.75. The number of fused-ring (bicyclic) bond motifs is 1. The summed E-state index contributed by atoms with van der Waals surface area (Å²) in [5.41, 5.74) is 4.15. The van der Waals surface area contributed by atoms with E-state index in [4.69, 9.17) is 13.9 Å². The third-order valence-corrected chi connectivity index (χ3v) is 6.65. The second kappa shape index (κ2) is 13.5. The molecule has 210 valence electrons. The van der Waals surface area contributed by atoms with Crippen LogP contribution in [0.15, 0.2) is 71.0 Å². The summed E-state index contributed by atoms with van der Waals surface area (Å²) in [6.45, 7) is 2.76. The van der Waals surface area contributed by atoms with E-state index in [1.54, 1.807) is 13.4 Å². The van der Waals surface area contributed by atoms with E-state index >= 15 is 0 Å². The number of ether oxygens (including phenoxy) is 3. The van der Waals surface area contributed by atoms with Gasteiger partial charge in [-0.2, -0.15) is 0 Å². The monoisotopic (exact) mass is 546 g/mol. The summed E-state index contributed by atoms with van der Waals surface area (Å²) in [7, 11) is 4.82. The summed E-state index contributed by atoms with van der Waals surface area (Å²) in [4.78, 5) is 26.8. The van der Waals surface area contributed by atoms with E-state index in [-0.39, 0.29) is 30.8 Å². The minimum Gasteiger partial charge on any atom is -0.497 e. The molecule has 10 heteroatoms. The molecule has 0 fully saturated rings. The van der Waals surface area contributed by atoms with Crippen LogP contribution < -0.4 is 9.64 Å². The molecule has 40 heavy (non-hydrogen) atoms. The summed E-state index contributed by atoms with van der Waals surface area (Å²) < 4.78 is 23.4. The number of carbonyl (C=O) groups excluding carboxylic acids is 2. The molecule has 2 aromatic carbocycles. The highest BCUT2D eigenvalue weighted by molar-refractivity contribution is 5.93. The highest BCUT2D eigenvalue weighted by Crippen LogP contribution is 2.27. The molecule has 0 saturated heterocycles. The molecule has 0 radical (unpaired) electrons. The Morgan fingerprint density at radius 1 is 1.07 bits per heavy atom. The lowest BCUT2D eigenvalue weighted by Gasteiger charge is -2.19. The van der Waals surface area contributed by atoms with Crippen LogP contribution in [0, 0.1) is 0 Å². The summed E-state index contributed by atoms with van der Waals surface area (Å²) in [5.74, 6) is -0.504. The number of aromatic nitrogens is 3. The molecule has 2 heterocycles. The smallest absolute Gasteiger partial charge is 0.396 e. The third kappa shape index (κ3) is 6.88. The van der Waals surface area contributed by atoms with E-state index in [0.29, 0.717) is 19.4 Å². The van der Waals surface area contributed by atoms with E-state index < -0.39 is 5.97 Å². The van der Waals surface area contributed by atoms with Gasteiger partial charge in [0, 0.05) is 37.7 Å². The van der Waals surface area contributed by atoms with Crippen molar-refractivity contribution in [1.29, 1.82) is 0 Å². The van der Waals surface area contributed by atoms with E-state index in [0.717, 1.165) is 39.8 Å². The number of benzene rings is 2. The van der Waals surface area contributed by atoms with Crippen molar-refractivity contribution in [3.8, 4) is 5.75 Å². The molecule has 1 amide bonds. The molecule has 10 nitrogen and oxygen atoms in total. The predicted molar refractivity (Wildman–Crippen MR) is 150 cm³/mol. The van der Waals surface area contributed by atoms with E-state index in [2.05, 4.69) is 14.9 Å². The standard InChI is InChI=1S/C30H34N4O6/c1-5-21(19-39-20-22-9-7-6-8-10-22)15-16-34(30-32-31-28(40-30)29(36)38-4)27(35)14-11-23-18-33(2)26-17-24(37-3)12-13-25(23)26/h6-10,12-13,17-19H,5,11,14-16,20H2,1-4H3/b21-19+. The number of esters is 1. The number of rotatable bonds is 13. The Bertz CT molecular complexity index is 1470. The van der Waals surface area contributed by atoms with Crippen LogP contribution in [0.5, 0.6) is 5.75 Å². The third-order valence-electron chi connectivity index (χ3n) is 6.65. The molecule has 2 aromatic heterocycles. The fraction of sp³-hybridized carbons (Fsp3) is 0.333. The number of amides is 1. The Hall–Kier alpha value is -4.60. The summed E-state index contributed by atoms with van der Waals surface area (Å²) in [6, 6.07) is 15.7. The molecule has 0 spiro atoms. The second-order valence-electron chi connectivity index (χ2n) is 9.25. The van der Waals surface area contributed by atoms with Gasteiger partial charge in [-0.1, -0.05) is 47.5 Å². The van der Waals surface area contributed by atoms with E-state index in [1.165, 1.54) is 12.0 Å². The summed E-state index contributed by atoms with van der Waals surface area (Å²) in [5, 5.41) is 8.77. The van der Waals surface area contributed by atoms with Crippen molar-refractivity contribution in [1.82, 2.24) is 14.8 Å². The molecule has 0 N–H and O–H groups in total. The Labute approximate surface area is 233 Å². The zero-order valence-corrected chi connectivity index (χ0v) is 23.3. The Kier molecular flexibility index (Phi) is 9.56. The fourth-order valence-corrected chi connectivity index (χ4v) is 4.38. The van der Waals surface area contributed by atoms with Gasteiger partial charge in [0.1, 0.15) is 12.4 Å². The second-order valence-corrected chi connectivity index (χ2v) is 9.25. The van der Waals surface area contributed by atoms with Crippen LogP contribution in [0.1, 0.15) is 48.0 Å². The van der Waals surface area contributed by atoms with Crippen molar-refractivity contribution in [3.63, 3.8) is 0 Å². The number of nitrogens with zero attached hydrogens (tertiary/aromatic N) is 4. The lowest BCUT2D eigenvalue weighted by atomic mass is 10.1. The lowest BCUT2D eigenvalue weighted by Crippen LogP contribution is -2.32. The van der Waals surface area contributed by atoms with Crippen LogP contribution in [0.2, 0.25) is 0 Å². The number of methoxy groups -OCH3 is 2. The van der Waals surface area contributed by atoms with Gasteiger partial charge in [-0.25, -0.2) is 4.79 Å². The Morgan fingerprint density at radius 2 is 1.88 bits per heavy atom. The summed E-state index contributed by atoms with van der Waals surface area (Å²) >= 11 is 0. The fourth-order valence-electron chi connectivity index (χ4n) is 4.38. The average Bonchev–Trinajstić information content (AvgIpc) is 3.59. The molecule has 0 bridgehead atoms. The first kappa shape index (κ1) is 28.4. The number of carbonyl (C=O) groups is 2. The lowest BCUT2D eigenvalue weighted by molar-refractivity contribution is -0.118. The van der Waals surface area contributed by atoms with Crippen molar-refractivity contribution in [2.45, 2.75) is 39.2 Å². The molecular weight excluding hydrogens is 512 g/mol. The van der Waals surface area contributed by atoms with Crippen LogP contribution in [0.25, 0.3) is 10.9 Å². The van der Waals surface area contributed by atoms with Crippen molar-refractivity contribution >= 4 is 28.8 Å². The molecule has 0 saturated carbocycles. The van der Waals surface area contributed by atoms with E-state index in [9.17, 15) is 9.59 Å². The zero-order valence-electron chi connectivity index (χ0n) is 23.3. The van der Waals surface area contributed by atoms with Gasteiger partial charge in [0.2, 0.25) is 5.91 Å². The molecule has 4 aromatic rings. The van der Waals surface area contributed by atoms with Crippen molar-refractivity contribution in [3.05, 3.63) is 83.6 Å². The van der Waals surface area contributed by atoms with Crippen molar-refractivity contribution < 1.29 is 28.2 Å². The number of hydrogen-bond donors (Lipinski definition) is 0. The first-order chi connectivity index (χ1) is 19.4. The molecule has 0 aliphatic rings. The molecule has 4 rings (SSSR count). The van der Waals surface area contributed by atoms with Gasteiger partial charge < -0.3 is 23.2 Å². The van der Waals surface area contributed by atoms with Gasteiger partial charge in [-0.3, -0.25) is 9.69 Å². The maximum atomic E-state index is 13.5. The average molecular weight is 547 g/mol. The maximum Gasteiger partial charge on any atom is 0.396 e. The highest BCUT2D eigenvalue weighted by Gasteiger charge is 2.25. The van der Waals surface area contributed by atoms with Crippen LogP contribution in [-0.4, -0.2) is 47.4 Å². The van der Waals surface area contributed by atoms with Gasteiger partial charge >= 0.3 is 17.9 Å². The first-order valence-corrected chi connectivity index (χ1v) is 13.1. The largest absolute Gasteiger partial charge is 0.497 e. The van der Waals surface area contributed by atoms with Crippen LogP contribution in [0.3, 0.4) is 0 Å². The number of aryl methyl sites for hydroxylation is 2. The van der Waals surface area contributed by atoms with Gasteiger partial charge in [0.25, 0.3) is 0 Å². The van der Waals surface area contributed by atoms with Crippen LogP contribution >= 0.6 is 0 Å². The maximum absolute atomic E-state index is 13.5. The Balaban J connectivity index is 1.48. The minimum absolute atomic E-state index is 0.0475. The Morgan fingerprint density at radius 3 is 2.60 bits per heavy atom. The molecule has 0 aliphatic heterocycles. The van der Waals surface area contributed by atoms with E-state index in [1.807, 2.05) is 73.3 Å². The van der Waals surface area contributed by atoms with Gasteiger partial charge in [-0.05, 0) is 48.1 Å². The van der Waals surface area contributed by atoms with Crippen molar-refractivity contribution in [2.24, 2.45) is 7.05 Å². The molecule has 0 atom stereocenters. The number of anilines is 1. The van der Waals surface area contributed by atoms with Gasteiger partial charge in [0.05, 0.1) is 26.0 Å². The quantitative estimate of drug-likeness (QED) is 0.166. The first-order valence-electron chi connectivity index (χ1n) is 13.1. The van der Waals surface area contributed by atoms with Gasteiger partial charge in [0.15, 0.2) is 0 Å². The molecule has 0 aliphatic carbocycles.